The fraction of sp³-hybridized carbons (Fsp3) is 0. The Kier molecular flexibility index (Phi) is 4.43. The number of carbonyl (C=O) groups is 1. The highest BCUT2D eigenvalue weighted by molar-refractivity contribution is 9.10. The molecule has 0 aliphatic carbocycles. The molecule has 0 radical (unpaired) electrons. The van der Waals surface area contributed by atoms with Gasteiger partial charge in [-0.15, -0.1) is 0 Å². The summed E-state index contributed by atoms with van der Waals surface area (Å²) in [5, 5.41) is 0.384. The molecule has 0 heterocycles. The van der Waals surface area contributed by atoms with E-state index in [0.717, 1.165) is 8.95 Å². The van der Waals surface area contributed by atoms with Crippen molar-refractivity contribution in [3.63, 3.8) is 0 Å². The van der Waals surface area contributed by atoms with Gasteiger partial charge in [-0.3, -0.25) is 0 Å². The van der Waals surface area contributed by atoms with E-state index in [1.165, 1.54) is 0 Å². The van der Waals surface area contributed by atoms with Crippen molar-refractivity contribution >= 4 is 49.4 Å². The average molecular weight is 390 g/mol. The van der Waals surface area contributed by atoms with E-state index in [9.17, 15) is 4.79 Å². The first kappa shape index (κ1) is 13.6. The highest BCUT2D eigenvalue weighted by atomic mass is 79.9. The van der Waals surface area contributed by atoms with Crippen LogP contribution in [-0.2, 0) is 0 Å². The summed E-state index contributed by atoms with van der Waals surface area (Å²) in [4.78, 5) is 11.9. The van der Waals surface area contributed by atoms with Crippen LogP contribution >= 0.6 is 43.5 Å². The van der Waals surface area contributed by atoms with Crippen molar-refractivity contribution in [3.05, 3.63) is 62.0 Å². The molecule has 0 bridgehead atoms. The van der Waals surface area contributed by atoms with Crippen LogP contribution in [0.2, 0.25) is 5.02 Å². The van der Waals surface area contributed by atoms with Crippen LogP contribution in [0.25, 0.3) is 0 Å². The van der Waals surface area contributed by atoms with Crippen molar-refractivity contribution < 1.29 is 9.53 Å². The van der Waals surface area contributed by atoms with Crippen molar-refractivity contribution in [2.45, 2.75) is 0 Å². The molecule has 0 aromatic heterocycles. The van der Waals surface area contributed by atoms with Crippen LogP contribution in [-0.4, -0.2) is 5.97 Å². The van der Waals surface area contributed by atoms with Crippen molar-refractivity contribution in [2.75, 3.05) is 0 Å². The molecule has 2 aromatic rings. The van der Waals surface area contributed by atoms with Gasteiger partial charge in [-0.2, -0.15) is 0 Å². The summed E-state index contributed by atoms with van der Waals surface area (Å²) < 4.78 is 6.95. The Bertz CT molecular complexity index is 582. The summed E-state index contributed by atoms with van der Waals surface area (Å²) >= 11 is 12.6. The maximum absolute atomic E-state index is 11.9. The molecule has 92 valence electrons. The average Bonchev–Trinajstić information content (AvgIpc) is 2.33. The number of hydrogen-bond donors (Lipinski definition) is 0. The van der Waals surface area contributed by atoms with Crippen LogP contribution in [0.5, 0.6) is 5.75 Å². The van der Waals surface area contributed by atoms with Gasteiger partial charge in [0.05, 0.1) is 10.6 Å². The zero-order valence-electron chi connectivity index (χ0n) is 8.99. The van der Waals surface area contributed by atoms with Gasteiger partial charge in [0.25, 0.3) is 0 Å². The molecule has 5 heteroatoms. The summed E-state index contributed by atoms with van der Waals surface area (Å²) in [6.07, 6.45) is 0. The maximum atomic E-state index is 11.9. The Morgan fingerprint density at radius 2 is 1.61 bits per heavy atom. The first-order valence-corrected chi connectivity index (χ1v) is 6.95. The van der Waals surface area contributed by atoms with Crippen molar-refractivity contribution in [3.8, 4) is 5.75 Å². The molecule has 2 aromatic carbocycles. The largest absolute Gasteiger partial charge is 0.421 e. The molecule has 2 rings (SSSR count). The fourth-order valence-electron chi connectivity index (χ4n) is 1.30. The first-order chi connectivity index (χ1) is 8.56. The third kappa shape index (κ3) is 3.34. The van der Waals surface area contributed by atoms with Crippen LogP contribution in [0.15, 0.2) is 51.4 Å². The second-order valence-electron chi connectivity index (χ2n) is 3.47. The molecule has 0 aliphatic heterocycles. The van der Waals surface area contributed by atoms with Crippen LogP contribution < -0.4 is 4.74 Å². The van der Waals surface area contributed by atoms with Crippen LogP contribution in [0, 0.1) is 0 Å². The molecule has 0 N–H and O–H groups in total. The van der Waals surface area contributed by atoms with Gasteiger partial charge in [-0.05, 0) is 42.5 Å². The normalized spacial score (nSPS) is 10.2. The molecule has 0 saturated heterocycles. The zero-order valence-corrected chi connectivity index (χ0v) is 12.9. The van der Waals surface area contributed by atoms with Crippen molar-refractivity contribution in [1.29, 1.82) is 0 Å². The van der Waals surface area contributed by atoms with E-state index in [2.05, 4.69) is 31.9 Å². The Morgan fingerprint density at radius 1 is 1.00 bits per heavy atom. The number of hydrogen-bond acceptors (Lipinski definition) is 2. The summed E-state index contributed by atoms with van der Waals surface area (Å²) in [5.74, 6) is -0.0977. The summed E-state index contributed by atoms with van der Waals surface area (Å²) in [6, 6.07) is 12.0. The van der Waals surface area contributed by atoms with Crippen LogP contribution in [0.3, 0.4) is 0 Å². The quantitative estimate of drug-likeness (QED) is 0.528. The Balaban J connectivity index is 2.18. The van der Waals surface area contributed by atoms with Crippen LogP contribution in [0.1, 0.15) is 10.4 Å². The van der Waals surface area contributed by atoms with Gasteiger partial charge >= 0.3 is 5.97 Å². The minimum atomic E-state index is -0.438. The SMILES string of the molecule is O=C(Oc1ccc(Br)cc1Cl)c1ccc(Br)cc1. The summed E-state index contributed by atoms with van der Waals surface area (Å²) in [6.45, 7) is 0. The smallest absolute Gasteiger partial charge is 0.343 e. The van der Waals surface area contributed by atoms with Gasteiger partial charge in [-0.1, -0.05) is 43.5 Å². The number of halogens is 3. The van der Waals surface area contributed by atoms with Gasteiger partial charge < -0.3 is 4.74 Å². The van der Waals surface area contributed by atoms with E-state index in [0.29, 0.717) is 16.3 Å². The lowest BCUT2D eigenvalue weighted by Gasteiger charge is -2.06. The van der Waals surface area contributed by atoms with Crippen LogP contribution in [0.4, 0.5) is 0 Å². The number of esters is 1. The van der Waals surface area contributed by atoms with Gasteiger partial charge in [0.1, 0.15) is 5.75 Å². The van der Waals surface area contributed by atoms with E-state index in [-0.39, 0.29) is 0 Å². The molecule has 0 unspecified atom stereocenters. The molecule has 0 saturated carbocycles. The first-order valence-electron chi connectivity index (χ1n) is 4.99. The molecule has 0 spiro atoms. The van der Waals surface area contributed by atoms with Gasteiger partial charge in [0.15, 0.2) is 0 Å². The number of benzene rings is 2. The molecular weight excluding hydrogens is 383 g/mol. The predicted octanol–water partition coefficient (Wildman–Crippen LogP) is 5.08. The Hall–Kier alpha value is -0.840. The Morgan fingerprint density at radius 3 is 2.22 bits per heavy atom. The fourth-order valence-corrected chi connectivity index (χ4v) is 2.28. The zero-order chi connectivity index (χ0) is 13.1. The lowest BCUT2D eigenvalue weighted by Crippen LogP contribution is -2.08. The molecule has 0 amide bonds. The highest BCUT2D eigenvalue weighted by Crippen LogP contribution is 2.28. The number of carbonyl (C=O) groups excluding carboxylic acids is 1. The van der Waals surface area contributed by atoms with Crippen molar-refractivity contribution in [2.24, 2.45) is 0 Å². The molecule has 0 fully saturated rings. The highest BCUT2D eigenvalue weighted by Gasteiger charge is 2.11. The summed E-state index contributed by atoms with van der Waals surface area (Å²) in [7, 11) is 0. The maximum Gasteiger partial charge on any atom is 0.343 e. The third-order valence-electron chi connectivity index (χ3n) is 2.18. The van der Waals surface area contributed by atoms with Gasteiger partial charge in [0, 0.05) is 8.95 Å². The number of rotatable bonds is 2. The second kappa shape index (κ2) is 5.87. The molecule has 0 aliphatic rings. The van der Waals surface area contributed by atoms with E-state index in [1.807, 2.05) is 0 Å². The lowest BCUT2D eigenvalue weighted by atomic mass is 10.2. The molecule has 18 heavy (non-hydrogen) atoms. The third-order valence-corrected chi connectivity index (χ3v) is 3.49. The minimum absolute atomic E-state index is 0.341. The molecular formula is C13H7Br2ClO2. The predicted molar refractivity (Wildman–Crippen MR) is 78.3 cm³/mol. The van der Waals surface area contributed by atoms with E-state index in [1.54, 1.807) is 42.5 Å². The summed E-state index contributed by atoms with van der Waals surface area (Å²) in [5.41, 5.74) is 0.470. The van der Waals surface area contributed by atoms with Gasteiger partial charge in [0.2, 0.25) is 0 Å². The lowest BCUT2D eigenvalue weighted by molar-refractivity contribution is 0.0735. The monoisotopic (exact) mass is 388 g/mol. The Labute approximate surface area is 126 Å². The molecule has 2 nitrogen and oxygen atoms in total. The second-order valence-corrected chi connectivity index (χ2v) is 5.71. The van der Waals surface area contributed by atoms with Gasteiger partial charge in [-0.25, -0.2) is 4.79 Å². The number of ether oxygens (including phenoxy) is 1. The topological polar surface area (TPSA) is 26.3 Å². The molecule has 0 atom stereocenters. The van der Waals surface area contributed by atoms with Crippen molar-refractivity contribution in [1.82, 2.24) is 0 Å². The van der Waals surface area contributed by atoms with E-state index >= 15 is 0 Å². The van der Waals surface area contributed by atoms with E-state index in [4.69, 9.17) is 16.3 Å². The standard InChI is InChI=1S/C13H7Br2ClO2/c14-9-3-1-8(2-4-9)13(17)18-12-6-5-10(15)7-11(12)16/h1-7H. The minimum Gasteiger partial charge on any atom is -0.421 e. The van der Waals surface area contributed by atoms with E-state index < -0.39 is 5.97 Å².